The van der Waals surface area contributed by atoms with Gasteiger partial charge >= 0.3 is 0 Å². The van der Waals surface area contributed by atoms with E-state index in [0.29, 0.717) is 17.9 Å². The smallest absolute Gasteiger partial charge is 0.255 e. The van der Waals surface area contributed by atoms with Gasteiger partial charge in [0.2, 0.25) is 5.91 Å². The van der Waals surface area contributed by atoms with E-state index in [9.17, 15) is 9.59 Å². The number of para-hydroxylation sites is 1. The molecular formula is C21H23N3O3. The highest BCUT2D eigenvalue weighted by atomic mass is 16.5. The average Bonchev–Trinajstić information content (AvgIpc) is 2.97. The minimum atomic E-state index is -0.355. The Bertz CT molecular complexity index is 865. The van der Waals surface area contributed by atoms with Crippen molar-refractivity contribution >= 4 is 17.5 Å². The molecule has 1 fully saturated rings. The van der Waals surface area contributed by atoms with Crippen molar-refractivity contribution in [3.05, 3.63) is 59.7 Å². The van der Waals surface area contributed by atoms with E-state index >= 15 is 0 Å². The topological polar surface area (TPSA) is 70.7 Å². The van der Waals surface area contributed by atoms with E-state index in [1.165, 1.54) is 12.5 Å². The van der Waals surface area contributed by atoms with Crippen molar-refractivity contribution in [2.24, 2.45) is 0 Å². The molecule has 2 aromatic rings. The molecule has 1 spiro atoms. The number of amides is 2. The highest BCUT2D eigenvalue weighted by Crippen LogP contribution is 2.30. The van der Waals surface area contributed by atoms with Crippen molar-refractivity contribution in [3.63, 3.8) is 0 Å². The maximum absolute atomic E-state index is 12.6. The van der Waals surface area contributed by atoms with Gasteiger partial charge in [-0.05, 0) is 36.2 Å². The number of benzene rings is 2. The first-order valence-electron chi connectivity index (χ1n) is 9.16. The first-order chi connectivity index (χ1) is 13.0. The molecule has 2 aliphatic heterocycles. The SMILES string of the molecule is CC(=O)Nc1ccc(CN2CCC3(COc4ccccc4C(=O)N3)C2)cc1. The quantitative estimate of drug-likeness (QED) is 0.876. The van der Waals surface area contributed by atoms with E-state index in [0.717, 1.165) is 31.7 Å². The molecule has 2 N–H and O–H groups in total. The van der Waals surface area contributed by atoms with Crippen LogP contribution in [-0.2, 0) is 11.3 Å². The first-order valence-corrected chi connectivity index (χ1v) is 9.16. The molecule has 1 saturated heterocycles. The summed E-state index contributed by atoms with van der Waals surface area (Å²) in [6, 6.07) is 15.2. The van der Waals surface area contributed by atoms with Gasteiger partial charge in [-0.25, -0.2) is 0 Å². The number of hydrogen-bond acceptors (Lipinski definition) is 4. The lowest BCUT2D eigenvalue weighted by Gasteiger charge is -2.28. The van der Waals surface area contributed by atoms with Gasteiger partial charge in [-0.3, -0.25) is 14.5 Å². The average molecular weight is 365 g/mol. The number of ether oxygens (including phenoxy) is 1. The Kier molecular flexibility index (Phi) is 4.58. The fourth-order valence-corrected chi connectivity index (χ4v) is 3.81. The van der Waals surface area contributed by atoms with Gasteiger partial charge in [0.25, 0.3) is 5.91 Å². The second-order valence-corrected chi connectivity index (χ2v) is 7.36. The Hall–Kier alpha value is -2.86. The van der Waals surface area contributed by atoms with Crippen LogP contribution in [0.4, 0.5) is 5.69 Å². The van der Waals surface area contributed by atoms with Crippen LogP contribution in [0.15, 0.2) is 48.5 Å². The van der Waals surface area contributed by atoms with Crippen LogP contribution in [0.5, 0.6) is 5.75 Å². The molecule has 0 aliphatic carbocycles. The second kappa shape index (κ2) is 7.04. The van der Waals surface area contributed by atoms with E-state index in [1.54, 1.807) is 6.07 Å². The summed E-state index contributed by atoms with van der Waals surface area (Å²) in [5, 5.41) is 5.98. The Morgan fingerprint density at radius 3 is 2.78 bits per heavy atom. The van der Waals surface area contributed by atoms with Crippen LogP contribution in [0.2, 0.25) is 0 Å². The fourth-order valence-electron chi connectivity index (χ4n) is 3.81. The number of carbonyl (C=O) groups is 2. The van der Waals surface area contributed by atoms with Gasteiger partial charge in [0, 0.05) is 32.2 Å². The largest absolute Gasteiger partial charge is 0.490 e. The predicted molar refractivity (Wildman–Crippen MR) is 103 cm³/mol. The third kappa shape index (κ3) is 3.80. The lowest BCUT2D eigenvalue weighted by Crippen LogP contribution is -2.53. The lowest BCUT2D eigenvalue weighted by molar-refractivity contribution is -0.114. The molecule has 1 unspecified atom stereocenters. The van der Waals surface area contributed by atoms with Gasteiger partial charge < -0.3 is 15.4 Å². The summed E-state index contributed by atoms with van der Waals surface area (Å²) in [6.07, 6.45) is 0.858. The fraction of sp³-hybridized carbons (Fsp3) is 0.333. The number of rotatable bonds is 3. The molecule has 27 heavy (non-hydrogen) atoms. The maximum atomic E-state index is 12.6. The van der Waals surface area contributed by atoms with E-state index < -0.39 is 0 Å². The van der Waals surface area contributed by atoms with E-state index in [4.69, 9.17) is 4.74 Å². The highest BCUT2D eigenvalue weighted by molar-refractivity contribution is 5.97. The molecule has 0 radical (unpaired) electrons. The number of anilines is 1. The summed E-state index contributed by atoms with van der Waals surface area (Å²) >= 11 is 0. The molecule has 0 bridgehead atoms. The predicted octanol–water partition coefficient (Wildman–Crippen LogP) is 2.41. The van der Waals surface area contributed by atoms with Crippen LogP contribution in [0, 0.1) is 0 Å². The molecule has 1 atom stereocenters. The number of nitrogens with one attached hydrogen (secondary N) is 2. The van der Waals surface area contributed by atoms with Crippen molar-refractivity contribution < 1.29 is 14.3 Å². The molecule has 2 aliphatic rings. The number of nitrogens with zero attached hydrogens (tertiary/aromatic N) is 1. The molecular weight excluding hydrogens is 342 g/mol. The number of hydrogen-bond donors (Lipinski definition) is 2. The summed E-state index contributed by atoms with van der Waals surface area (Å²) in [4.78, 5) is 26.1. The monoisotopic (exact) mass is 365 g/mol. The maximum Gasteiger partial charge on any atom is 0.255 e. The van der Waals surface area contributed by atoms with Gasteiger partial charge in [-0.1, -0.05) is 24.3 Å². The minimum Gasteiger partial charge on any atom is -0.490 e. The van der Waals surface area contributed by atoms with Crippen molar-refractivity contribution in [2.45, 2.75) is 25.4 Å². The Balaban J connectivity index is 1.41. The number of fused-ring (bicyclic) bond motifs is 1. The number of carbonyl (C=O) groups excluding carboxylic acids is 2. The van der Waals surface area contributed by atoms with Crippen molar-refractivity contribution in [1.82, 2.24) is 10.2 Å². The van der Waals surface area contributed by atoms with Crippen LogP contribution in [0.1, 0.15) is 29.3 Å². The molecule has 2 amide bonds. The van der Waals surface area contributed by atoms with E-state index in [2.05, 4.69) is 15.5 Å². The standard InChI is InChI=1S/C21H23N3O3/c1-15(25)22-17-8-6-16(7-9-17)12-24-11-10-21(13-24)14-27-19-5-3-2-4-18(19)20(26)23-21/h2-9H,10-14H2,1H3,(H,22,25)(H,23,26). The highest BCUT2D eigenvalue weighted by Gasteiger charge is 2.42. The zero-order valence-electron chi connectivity index (χ0n) is 15.3. The van der Waals surface area contributed by atoms with Crippen LogP contribution < -0.4 is 15.4 Å². The molecule has 4 rings (SSSR count). The van der Waals surface area contributed by atoms with Crippen molar-refractivity contribution in [2.75, 3.05) is 25.0 Å². The summed E-state index contributed by atoms with van der Waals surface area (Å²) in [7, 11) is 0. The summed E-state index contributed by atoms with van der Waals surface area (Å²) in [5.41, 5.74) is 2.21. The van der Waals surface area contributed by atoms with Crippen LogP contribution >= 0.6 is 0 Å². The number of likely N-dealkylation sites (tertiary alicyclic amines) is 1. The summed E-state index contributed by atoms with van der Waals surface area (Å²) < 4.78 is 5.96. The lowest BCUT2D eigenvalue weighted by atomic mass is 9.99. The van der Waals surface area contributed by atoms with Crippen molar-refractivity contribution in [3.8, 4) is 5.75 Å². The van der Waals surface area contributed by atoms with Crippen LogP contribution in [0.3, 0.4) is 0 Å². The van der Waals surface area contributed by atoms with Gasteiger partial charge in [-0.2, -0.15) is 0 Å². The second-order valence-electron chi connectivity index (χ2n) is 7.36. The van der Waals surface area contributed by atoms with Gasteiger partial charge in [0.05, 0.1) is 11.1 Å². The Morgan fingerprint density at radius 2 is 2.00 bits per heavy atom. The first kappa shape index (κ1) is 17.5. The minimum absolute atomic E-state index is 0.0652. The van der Waals surface area contributed by atoms with Gasteiger partial charge in [-0.15, -0.1) is 0 Å². The molecule has 0 aromatic heterocycles. The normalized spacial score (nSPS) is 21.9. The zero-order chi connectivity index (χ0) is 18.9. The molecule has 2 aromatic carbocycles. The molecule has 140 valence electrons. The summed E-state index contributed by atoms with van der Waals surface area (Å²) in [5.74, 6) is 0.512. The van der Waals surface area contributed by atoms with Gasteiger partial charge in [0.1, 0.15) is 12.4 Å². The molecule has 6 heteroatoms. The Morgan fingerprint density at radius 1 is 1.22 bits per heavy atom. The van der Waals surface area contributed by atoms with Crippen molar-refractivity contribution in [1.29, 1.82) is 0 Å². The zero-order valence-corrected chi connectivity index (χ0v) is 15.3. The molecule has 2 heterocycles. The molecule has 0 saturated carbocycles. The third-order valence-corrected chi connectivity index (χ3v) is 5.13. The van der Waals surface area contributed by atoms with Gasteiger partial charge in [0.15, 0.2) is 0 Å². The van der Waals surface area contributed by atoms with Crippen LogP contribution in [0.25, 0.3) is 0 Å². The van der Waals surface area contributed by atoms with E-state index in [1.807, 2.05) is 42.5 Å². The van der Waals surface area contributed by atoms with E-state index in [-0.39, 0.29) is 17.4 Å². The summed E-state index contributed by atoms with van der Waals surface area (Å²) in [6.45, 7) is 4.42. The Labute approximate surface area is 158 Å². The third-order valence-electron chi connectivity index (χ3n) is 5.13. The molecule has 6 nitrogen and oxygen atoms in total. The van der Waals surface area contributed by atoms with Crippen LogP contribution in [-0.4, -0.2) is 41.9 Å².